The Bertz CT molecular complexity index is 836. The van der Waals surface area contributed by atoms with Crippen LogP contribution in [0.4, 0.5) is 0 Å². The number of carbonyl (C=O) groups excluding carboxylic acids is 2. The first-order valence-electron chi connectivity index (χ1n) is 13.4. The van der Waals surface area contributed by atoms with Gasteiger partial charge in [-0.15, -0.1) is 0 Å². The fourth-order valence-electron chi connectivity index (χ4n) is 5.75. The van der Waals surface area contributed by atoms with Crippen molar-refractivity contribution in [2.45, 2.75) is 109 Å². The standard InChI is InChI=1S/C31H42O2/c1-3-5-7-9-11-13-19-31(20-14-12-10-8-6-4-2)29-21-25(23-32)15-17-27(29)28-18-16-26(24-33)22-30(28)31/h15-18,21-24H,3-14,19-20H2,1-2H3. The highest BCUT2D eigenvalue weighted by molar-refractivity contribution is 5.87. The van der Waals surface area contributed by atoms with Gasteiger partial charge in [0.25, 0.3) is 0 Å². The molecule has 0 N–H and O–H groups in total. The molecule has 0 spiro atoms. The average molecular weight is 447 g/mol. The summed E-state index contributed by atoms with van der Waals surface area (Å²) in [4.78, 5) is 23.3. The molecule has 0 heterocycles. The summed E-state index contributed by atoms with van der Waals surface area (Å²) in [6, 6.07) is 12.4. The fraction of sp³-hybridized carbons (Fsp3) is 0.548. The number of fused-ring (bicyclic) bond motifs is 3. The zero-order valence-corrected chi connectivity index (χ0v) is 20.8. The average Bonchev–Trinajstić information content (AvgIpc) is 3.12. The molecule has 2 aromatic carbocycles. The Hall–Kier alpha value is -2.22. The first kappa shape index (κ1) is 25.4. The van der Waals surface area contributed by atoms with Gasteiger partial charge in [-0.05, 0) is 47.2 Å². The lowest BCUT2D eigenvalue weighted by atomic mass is 9.70. The Morgan fingerprint density at radius 2 is 0.970 bits per heavy atom. The van der Waals surface area contributed by atoms with Gasteiger partial charge in [0.05, 0.1) is 0 Å². The third-order valence-electron chi connectivity index (χ3n) is 7.59. The number of hydrogen-bond acceptors (Lipinski definition) is 2. The van der Waals surface area contributed by atoms with E-state index >= 15 is 0 Å². The SMILES string of the molecule is CCCCCCCCC1(CCCCCCCC)c2cc(C=O)ccc2-c2ccc(C=O)cc21. The molecule has 0 unspecified atom stereocenters. The second-order valence-electron chi connectivity index (χ2n) is 9.96. The third kappa shape index (κ3) is 6.02. The molecular formula is C31H42O2. The van der Waals surface area contributed by atoms with Crippen molar-refractivity contribution in [2.24, 2.45) is 0 Å². The zero-order chi connectivity index (χ0) is 23.5. The number of rotatable bonds is 16. The summed E-state index contributed by atoms with van der Waals surface area (Å²) in [5, 5.41) is 0. The van der Waals surface area contributed by atoms with Crippen LogP contribution < -0.4 is 0 Å². The molecule has 178 valence electrons. The molecule has 1 aliphatic carbocycles. The Labute approximate surface area is 201 Å². The highest BCUT2D eigenvalue weighted by Crippen LogP contribution is 2.54. The van der Waals surface area contributed by atoms with Crippen LogP contribution in [0.25, 0.3) is 11.1 Å². The van der Waals surface area contributed by atoms with Crippen LogP contribution in [0.1, 0.15) is 136 Å². The molecule has 2 nitrogen and oxygen atoms in total. The third-order valence-corrected chi connectivity index (χ3v) is 7.59. The summed E-state index contributed by atoms with van der Waals surface area (Å²) < 4.78 is 0. The summed E-state index contributed by atoms with van der Waals surface area (Å²) in [5.41, 5.74) is 6.56. The van der Waals surface area contributed by atoms with Crippen molar-refractivity contribution in [1.82, 2.24) is 0 Å². The highest BCUT2D eigenvalue weighted by atomic mass is 16.1. The van der Waals surface area contributed by atoms with Crippen LogP contribution in [0.15, 0.2) is 36.4 Å². The van der Waals surface area contributed by atoms with Crippen LogP contribution in [0, 0.1) is 0 Å². The van der Waals surface area contributed by atoms with E-state index < -0.39 is 0 Å². The van der Waals surface area contributed by atoms with Gasteiger partial charge in [0, 0.05) is 16.5 Å². The largest absolute Gasteiger partial charge is 0.298 e. The lowest BCUT2D eigenvalue weighted by Crippen LogP contribution is -2.26. The predicted molar refractivity (Wildman–Crippen MR) is 139 cm³/mol. The number of unbranched alkanes of at least 4 members (excludes halogenated alkanes) is 10. The maximum absolute atomic E-state index is 11.7. The predicted octanol–water partition coefficient (Wildman–Crippen LogP) is 9.08. The molecule has 0 atom stereocenters. The van der Waals surface area contributed by atoms with Crippen LogP contribution in [-0.2, 0) is 5.41 Å². The van der Waals surface area contributed by atoms with Gasteiger partial charge in [-0.2, -0.15) is 0 Å². The molecule has 0 aliphatic heterocycles. The molecule has 33 heavy (non-hydrogen) atoms. The second kappa shape index (κ2) is 12.9. The lowest BCUT2D eigenvalue weighted by molar-refractivity contribution is 0.111. The van der Waals surface area contributed by atoms with E-state index in [9.17, 15) is 9.59 Å². The van der Waals surface area contributed by atoms with Crippen molar-refractivity contribution in [2.75, 3.05) is 0 Å². The quantitative estimate of drug-likeness (QED) is 0.190. The lowest BCUT2D eigenvalue weighted by Gasteiger charge is -2.33. The van der Waals surface area contributed by atoms with Gasteiger partial charge in [0.2, 0.25) is 0 Å². The van der Waals surface area contributed by atoms with Crippen LogP contribution >= 0.6 is 0 Å². The molecule has 0 fully saturated rings. The molecule has 1 aliphatic rings. The molecule has 0 saturated heterocycles. The van der Waals surface area contributed by atoms with E-state index in [1.54, 1.807) is 0 Å². The normalized spacial score (nSPS) is 13.5. The molecular weight excluding hydrogens is 404 g/mol. The van der Waals surface area contributed by atoms with Gasteiger partial charge in [-0.1, -0.05) is 115 Å². The van der Waals surface area contributed by atoms with Gasteiger partial charge >= 0.3 is 0 Å². The van der Waals surface area contributed by atoms with E-state index in [0.717, 1.165) is 36.5 Å². The van der Waals surface area contributed by atoms with Crippen molar-refractivity contribution >= 4 is 12.6 Å². The van der Waals surface area contributed by atoms with Crippen molar-refractivity contribution in [3.05, 3.63) is 58.7 Å². The first-order chi connectivity index (χ1) is 16.2. The molecule has 3 rings (SSSR count). The maximum atomic E-state index is 11.7. The highest BCUT2D eigenvalue weighted by Gasteiger charge is 2.42. The Balaban J connectivity index is 1.92. The van der Waals surface area contributed by atoms with E-state index in [-0.39, 0.29) is 5.41 Å². The molecule has 0 radical (unpaired) electrons. The van der Waals surface area contributed by atoms with E-state index in [4.69, 9.17) is 0 Å². The topological polar surface area (TPSA) is 34.1 Å². The molecule has 0 amide bonds. The minimum atomic E-state index is -0.0851. The van der Waals surface area contributed by atoms with Crippen LogP contribution in [-0.4, -0.2) is 12.6 Å². The number of carbonyl (C=O) groups is 2. The van der Waals surface area contributed by atoms with Crippen LogP contribution in [0.5, 0.6) is 0 Å². The van der Waals surface area contributed by atoms with E-state index in [1.807, 2.05) is 12.1 Å². The maximum Gasteiger partial charge on any atom is 0.150 e. The van der Waals surface area contributed by atoms with Gasteiger partial charge in [-0.3, -0.25) is 9.59 Å². The number of benzene rings is 2. The summed E-state index contributed by atoms with van der Waals surface area (Å²) >= 11 is 0. The van der Waals surface area contributed by atoms with Crippen LogP contribution in [0.3, 0.4) is 0 Å². The van der Waals surface area contributed by atoms with E-state index in [2.05, 4.69) is 38.1 Å². The smallest absolute Gasteiger partial charge is 0.150 e. The summed E-state index contributed by atoms with van der Waals surface area (Å²) in [5.74, 6) is 0. The van der Waals surface area contributed by atoms with Crippen molar-refractivity contribution in [3.8, 4) is 11.1 Å². The fourth-order valence-corrected chi connectivity index (χ4v) is 5.75. The first-order valence-corrected chi connectivity index (χ1v) is 13.4. The van der Waals surface area contributed by atoms with Gasteiger partial charge in [0.1, 0.15) is 12.6 Å². The molecule has 0 bridgehead atoms. The molecule has 2 aromatic rings. The minimum absolute atomic E-state index is 0.0851. The van der Waals surface area contributed by atoms with Gasteiger partial charge in [-0.25, -0.2) is 0 Å². The Morgan fingerprint density at radius 3 is 1.36 bits per heavy atom. The van der Waals surface area contributed by atoms with Crippen molar-refractivity contribution in [3.63, 3.8) is 0 Å². The Morgan fingerprint density at radius 1 is 0.576 bits per heavy atom. The second-order valence-corrected chi connectivity index (χ2v) is 9.96. The Kier molecular flexibility index (Phi) is 9.91. The number of aldehydes is 2. The van der Waals surface area contributed by atoms with Gasteiger partial charge < -0.3 is 0 Å². The summed E-state index contributed by atoms with van der Waals surface area (Å²) in [6.07, 6.45) is 19.4. The summed E-state index contributed by atoms with van der Waals surface area (Å²) in [7, 11) is 0. The van der Waals surface area contributed by atoms with Crippen molar-refractivity contribution in [1.29, 1.82) is 0 Å². The van der Waals surface area contributed by atoms with E-state index in [0.29, 0.717) is 0 Å². The van der Waals surface area contributed by atoms with E-state index in [1.165, 1.54) is 99.3 Å². The molecule has 2 heteroatoms. The van der Waals surface area contributed by atoms with Crippen molar-refractivity contribution < 1.29 is 9.59 Å². The van der Waals surface area contributed by atoms with Crippen LogP contribution in [0.2, 0.25) is 0 Å². The monoisotopic (exact) mass is 446 g/mol. The molecule has 0 saturated carbocycles. The molecule has 0 aromatic heterocycles. The number of hydrogen-bond donors (Lipinski definition) is 0. The minimum Gasteiger partial charge on any atom is -0.298 e. The summed E-state index contributed by atoms with van der Waals surface area (Å²) in [6.45, 7) is 4.52. The zero-order valence-electron chi connectivity index (χ0n) is 20.8. The van der Waals surface area contributed by atoms with Gasteiger partial charge in [0.15, 0.2) is 0 Å².